The Hall–Kier alpha value is -4.92. The molecule has 0 saturated carbocycles. The molecule has 0 aliphatic rings. The molecule has 0 bridgehead atoms. The summed E-state index contributed by atoms with van der Waals surface area (Å²) < 4.78 is 63.0. The third-order valence-corrected chi connectivity index (χ3v) is 4.75. The Bertz CT molecular complexity index is 1400. The molecule has 3 rings (SSSR count). The van der Waals surface area contributed by atoms with Crippen molar-refractivity contribution in [1.82, 2.24) is 0 Å². The summed E-state index contributed by atoms with van der Waals surface area (Å²) >= 11 is 0. The topological polar surface area (TPSA) is 114 Å². The fourth-order valence-corrected chi connectivity index (χ4v) is 3.06. The molecule has 0 saturated heterocycles. The zero-order valence-corrected chi connectivity index (χ0v) is 19.0. The number of benzene rings is 3. The molecule has 0 aliphatic heterocycles. The van der Waals surface area contributed by atoms with Gasteiger partial charge in [0.1, 0.15) is 17.5 Å². The smallest absolute Gasteiger partial charge is 0.416 e. The Kier molecular flexibility index (Phi) is 8.09. The molecule has 0 heterocycles. The molecular formula is C25H17F4N3O5. The number of halogens is 4. The number of nitro groups is 1. The Morgan fingerprint density at radius 1 is 1.08 bits per heavy atom. The number of hydrogen-bond donors (Lipinski definition) is 1. The predicted octanol–water partition coefficient (Wildman–Crippen LogP) is 6.49. The highest BCUT2D eigenvalue weighted by Gasteiger charge is 2.33. The van der Waals surface area contributed by atoms with Gasteiger partial charge < -0.3 is 14.8 Å². The molecule has 0 unspecified atom stereocenters. The van der Waals surface area contributed by atoms with E-state index in [1.54, 1.807) is 13.0 Å². The van der Waals surface area contributed by atoms with Crippen LogP contribution in [-0.2, 0) is 11.0 Å². The summed E-state index contributed by atoms with van der Waals surface area (Å²) in [6, 6.07) is 12.7. The molecule has 0 atom stereocenters. The molecule has 12 heteroatoms. The molecular weight excluding hydrogens is 498 g/mol. The highest BCUT2D eigenvalue weighted by molar-refractivity contribution is 6.09. The molecule has 8 nitrogen and oxygen atoms in total. The van der Waals surface area contributed by atoms with Crippen molar-refractivity contribution in [2.45, 2.75) is 13.1 Å². The number of carbonyl (C=O) groups excluding carboxylic acids is 1. The van der Waals surface area contributed by atoms with E-state index in [1.165, 1.54) is 36.4 Å². The first kappa shape index (κ1) is 26.7. The number of ether oxygens (including phenoxy) is 2. The Labute approximate surface area is 207 Å². The Morgan fingerprint density at radius 2 is 1.76 bits per heavy atom. The van der Waals surface area contributed by atoms with Crippen LogP contribution in [0.1, 0.15) is 18.1 Å². The number of amides is 1. The van der Waals surface area contributed by atoms with E-state index in [2.05, 4.69) is 5.32 Å². The second-order valence-corrected chi connectivity index (χ2v) is 7.31. The van der Waals surface area contributed by atoms with Crippen LogP contribution in [0.15, 0.2) is 66.2 Å². The minimum absolute atomic E-state index is 0.0452. The number of hydrogen-bond acceptors (Lipinski definition) is 6. The minimum atomic E-state index is -4.78. The minimum Gasteiger partial charge on any atom is -0.490 e. The number of anilines is 1. The molecule has 0 spiro atoms. The molecule has 37 heavy (non-hydrogen) atoms. The molecule has 0 fully saturated rings. The van der Waals surface area contributed by atoms with E-state index < -0.39 is 39.8 Å². The first-order valence-corrected chi connectivity index (χ1v) is 10.5. The maximum atomic E-state index is 13.1. The molecule has 3 aromatic rings. The maximum absolute atomic E-state index is 13.1. The highest BCUT2D eigenvalue weighted by Crippen LogP contribution is 2.40. The fraction of sp³-hybridized carbons (Fsp3) is 0.120. The molecule has 0 aliphatic carbocycles. The summed E-state index contributed by atoms with van der Waals surface area (Å²) in [5.41, 5.74) is -1.81. The van der Waals surface area contributed by atoms with Gasteiger partial charge in [0.2, 0.25) is 5.75 Å². The van der Waals surface area contributed by atoms with Crippen LogP contribution in [0.4, 0.5) is 28.9 Å². The van der Waals surface area contributed by atoms with E-state index in [0.29, 0.717) is 17.7 Å². The lowest BCUT2D eigenvalue weighted by Gasteiger charge is -2.14. The van der Waals surface area contributed by atoms with Crippen LogP contribution in [-0.4, -0.2) is 17.4 Å². The third kappa shape index (κ3) is 6.82. The van der Waals surface area contributed by atoms with E-state index in [9.17, 15) is 37.7 Å². The van der Waals surface area contributed by atoms with Crippen LogP contribution >= 0.6 is 0 Å². The van der Waals surface area contributed by atoms with Crippen molar-refractivity contribution in [2.75, 3.05) is 11.9 Å². The van der Waals surface area contributed by atoms with Crippen molar-refractivity contribution in [2.24, 2.45) is 0 Å². The van der Waals surface area contributed by atoms with Gasteiger partial charge in [0.25, 0.3) is 5.91 Å². The number of nitriles is 1. The third-order valence-electron chi connectivity index (χ3n) is 4.75. The van der Waals surface area contributed by atoms with Crippen LogP contribution in [0.25, 0.3) is 6.08 Å². The van der Waals surface area contributed by atoms with Crippen LogP contribution in [0.3, 0.4) is 0 Å². The first-order chi connectivity index (χ1) is 17.5. The summed E-state index contributed by atoms with van der Waals surface area (Å²) in [6.45, 7) is 1.78. The van der Waals surface area contributed by atoms with Gasteiger partial charge in [-0.1, -0.05) is 6.07 Å². The van der Waals surface area contributed by atoms with Gasteiger partial charge in [-0.2, -0.15) is 18.4 Å². The zero-order chi connectivity index (χ0) is 27.2. The number of alkyl halides is 3. The van der Waals surface area contributed by atoms with Crippen molar-refractivity contribution in [3.05, 3.63) is 93.3 Å². The van der Waals surface area contributed by atoms with Crippen LogP contribution in [0.2, 0.25) is 0 Å². The lowest BCUT2D eigenvalue weighted by molar-refractivity contribution is -0.385. The van der Waals surface area contributed by atoms with Gasteiger partial charge >= 0.3 is 11.9 Å². The molecule has 0 radical (unpaired) electrons. The SMILES string of the molecule is CCOc1cc(/C=C(\C#N)C(=O)Nc2ccc(F)cc2)ccc1Oc1ccc(C(F)(F)F)cc1[N+](=O)[O-]. The fourth-order valence-electron chi connectivity index (χ4n) is 3.06. The monoisotopic (exact) mass is 515 g/mol. The quantitative estimate of drug-likeness (QED) is 0.121. The number of nitrogens with one attached hydrogen (secondary N) is 1. The second-order valence-electron chi connectivity index (χ2n) is 7.31. The van der Waals surface area contributed by atoms with Gasteiger partial charge in [0, 0.05) is 11.8 Å². The number of nitrogens with zero attached hydrogens (tertiary/aromatic N) is 2. The van der Waals surface area contributed by atoms with Gasteiger partial charge in [-0.15, -0.1) is 0 Å². The molecule has 190 valence electrons. The second kappa shape index (κ2) is 11.2. The van der Waals surface area contributed by atoms with Crippen LogP contribution < -0.4 is 14.8 Å². The van der Waals surface area contributed by atoms with Crippen molar-refractivity contribution in [1.29, 1.82) is 5.26 Å². The standard InChI is InChI=1S/C25H17F4N3O5/c1-2-36-23-12-15(11-16(14-30)24(33)31-19-7-5-18(26)6-8-19)3-9-22(23)37-21-10-4-17(25(27,28)29)13-20(21)32(34)35/h3-13H,2H2,1H3,(H,31,33)/b16-11+. The average molecular weight is 515 g/mol. The Balaban J connectivity index is 1.91. The largest absolute Gasteiger partial charge is 0.490 e. The van der Waals surface area contributed by atoms with Gasteiger partial charge in [0.05, 0.1) is 17.1 Å². The molecule has 1 amide bonds. The van der Waals surface area contributed by atoms with Crippen molar-refractivity contribution >= 4 is 23.4 Å². The van der Waals surface area contributed by atoms with Gasteiger partial charge in [-0.05, 0) is 67.1 Å². The van der Waals surface area contributed by atoms with E-state index in [0.717, 1.165) is 18.2 Å². The summed E-state index contributed by atoms with van der Waals surface area (Å²) in [4.78, 5) is 22.8. The summed E-state index contributed by atoms with van der Waals surface area (Å²) in [7, 11) is 0. The molecule has 1 N–H and O–H groups in total. The van der Waals surface area contributed by atoms with Gasteiger partial charge in [-0.25, -0.2) is 4.39 Å². The number of carbonyl (C=O) groups is 1. The van der Waals surface area contributed by atoms with Gasteiger partial charge in [-0.3, -0.25) is 14.9 Å². The maximum Gasteiger partial charge on any atom is 0.416 e. The predicted molar refractivity (Wildman–Crippen MR) is 124 cm³/mol. The average Bonchev–Trinajstić information content (AvgIpc) is 2.84. The lowest BCUT2D eigenvalue weighted by Crippen LogP contribution is -2.13. The summed E-state index contributed by atoms with van der Waals surface area (Å²) in [6.07, 6.45) is -3.54. The molecule has 0 aromatic heterocycles. The van der Waals surface area contributed by atoms with E-state index >= 15 is 0 Å². The Morgan fingerprint density at radius 3 is 2.35 bits per heavy atom. The lowest BCUT2D eigenvalue weighted by atomic mass is 10.1. The van der Waals surface area contributed by atoms with Crippen LogP contribution in [0, 0.1) is 27.3 Å². The van der Waals surface area contributed by atoms with E-state index in [4.69, 9.17) is 9.47 Å². The first-order valence-electron chi connectivity index (χ1n) is 10.5. The van der Waals surface area contributed by atoms with Crippen LogP contribution in [0.5, 0.6) is 17.2 Å². The van der Waals surface area contributed by atoms with E-state index in [1.807, 2.05) is 0 Å². The molecule has 3 aromatic carbocycles. The van der Waals surface area contributed by atoms with Crippen molar-refractivity contribution in [3.8, 4) is 23.3 Å². The summed E-state index contributed by atoms with van der Waals surface area (Å²) in [5.74, 6) is -1.69. The number of rotatable bonds is 8. The van der Waals surface area contributed by atoms with Gasteiger partial charge in [0.15, 0.2) is 11.5 Å². The normalized spacial score (nSPS) is 11.4. The highest BCUT2D eigenvalue weighted by atomic mass is 19.4. The zero-order valence-electron chi connectivity index (χ0n) is 19.0. The van der Waals surface area contributed by atoms with Crippen molar-refractivity contribution in [3.63, 3.8) is 0 Å². The number of nitro benzene ring substituents is 1. The van der Waals surface area contributed by atoms with E-state index in [-0.39, 0.29) is 29.4 Å². The van der Waals surface area contributed by atoms with Crippen molar-refractivity contribution < 1.29 is 36.8 Å². The summed E-state index contributed by atoms with van der Waals surface area (Å²) in [5, 5.41) is 23.2.